The Morgan fingerprint density at radius 3 is 2.38 bits per heavy atom. The third-order valence-corrected chi connectivity index (χ3v) is 3.49. The average Bonchev–Trinajstić information content (AvgIpc) is 2.46. The number of hydrogen-bond donors (Lipinski definition) is 1. The summed E-state index contributed by atoms with van der Waals surface area (Å²) in [6.45, 7) is 0.705. The number of thiocarbonyl (C=S) groups is 1. The van der Waals surface area contributed by atoms with Gasteiger partial charge < -0.3 is 15.2 Å². The first kappa shape index (κ1) is 15.8. The molecular weight excluding hydrogens is 306 g/mol. The van der Waals surface area contributed by atoms with Gasteiger partial charge in [0.2, 0.25) is 0 Å². The molecule has 5 heteroatoms. The number of methoxy groups -OCH3 is 1. The smallest absolute Gasteiger partial charge is 0.128 e. The lowest BCUT2D eigenvalue weighted by Crippen LogP contribution is -2.09. The molecule has 0 atom stereocenters. The van der Waals surface area contributed by atoms with Crippen molar-refractivity contribution < 1.29 is 9.47 Å². The minimum Gasteiger partial charge on any atom is -0.457 e. The summed E-state index contributed by atoms with van der Waals surface area (Å²) in [6, 6.07) is 13.1. The Hall–Kier alpha value is -1.62. The fraction of sp³-hybridized carbons (Fsp3) is 0.188. The number of rotatable bonds is 6. The quantitative estimate of drug-likeness (QED) is 0.818. The van der Waals surface area contributed by atoms with Gasteiger partial charge in [0.25, 0.3) is 0 Å². The number of benzene rings is 2. The van der Waals surface area contributed by atoms with Crippen molar-refractivity contribution in [1.29, 1.82) is 0 Å². The third-order valence-electron chi connectivity index (χ3n) is 2.96. The van der Waals surface area contributed by atoms with Gasteiger partial charge in [-0.2, -0.15) is 0 Å². The molecule has 0 saturated heterocycles. The van der Waals surface area contributed by atoms with Gasteiger partial charge in [0.05, 0.1) is 11.6 Å². The Morgan fingerprint density at radius 2 is 1.81 bits per heavy atom. The van der Waals surface area contributed by atoms with Crippen LogP contribution in [0.5, 0.6) is 11.5 Å². The van der Waals surface area contributed by atoms with Crippen molar-refractivity contribution in [3.8, 4) is 11.5 Å². The van der Waals surface area contributed by atoms with E-state index in [0.29, 0.717) is 22.9 Å². The summed E-state index contributed by atoms with van der Waals surface area (Å²) in [6.07, 6.45) is 0.880. The molecule has 2 N–H and O–H groups in total. The predicted octanol–water partition coefficient (Wildman–Crippen LogP) is 3.96. The molecule has 0 fully saturated rings. The lowest BCUT2D eigenvalue weighted by Gasteiger charge is -2.09. The lowest BCUT2D eigenvalue weighted by molar-refractivity contribution is 0.202. The SMILES string of the molecule is COCCc1ccc(Oc2ccc(C(N)=S)c(Cl)c2)cc1. The van der Waals surface area contributed by atoms with Crippen LogP contribution in [-0.2, 0) is 11.2 Å². The molecule has 0 aliphatic heterocycles. The number of nitrogens with two attached hydrogens (primary N) is 1. The van der Waals surface area contributed by atoms with Crippen LogP contribution in [0.4, 0.5) is 0 Å². The van der Waals surface area contributed by atoms with Crippen LogP contribution in [0.3, 0.4) is 0 Å². The van der Waals surface area contributed by atoms with Gasteiger partial charge in [-0.05, 0) is 36.2 Å². The number of ether oxygens (including phenoxy) is 2. The van der Waals surface area contributed by atoms with E-state index >= 15 is 0 Å². The topological polar surface area (TPSA) is 44.5 Å². The normalized spacial score (nSPS) is 10.4. The Labute approximate surface area is 134 Å². The summed E-state index contributed by atoms with van der Waals surface area (Å²) in [5.74, 6) is 1.39. The first-order chi connectivity index (χ1) is 10.1. The van der Waals surface area contributed by atoms with Crippen LogP contribution >= 0.6 is 23.8 Å². The van der Waals surface area contributed by atoms with Crippen molar-refractivity contribution in [2.75, 3.05) is 13.7 Å². The molecule has 2 aromatic rings. The first-order valence-electron chi connectivity index (χ1n) is 6.45. The second-order valence-electron chi connectivity index (χ2n) is 4.49. The van der Waals surface area contributed by atoms with E-state index in [9.17, 15) is 0 Å². The van der Waals surface area contributed by atoms with E-state index < -0.39 is 0 Å². The summed E-state index contributed by atoms with van der Waals surface area (Å²) in [5.41, 5.74) is 7.42. The van der Waals surface area contributed by atoms with Crippen molar-refractivity contribution >= 4 is 28.8 Å². The summed E-state index contributed by atoms with van der Waals surface area (Å²) in [4.78, 5) is 0.272. The molecule has 21 heavy (non-hydrogen) atoms. The van der Waals surface area contributed by atoms with Gasteiger partial charge in [-0.1, -0.05) is 36.0 Å². The fourth-order valence-electron chi connectivity index (χ4n) is 1.84. The van der Waals surface area contributed by atoms with Gasteiger partial charge in [0, 0.05) is 18.7 Å². The van der Waals surface area contributed by atoms with Crippen LogP contribution in [-0.4, -0.2) is 18.7 Å². The van der Waals surface area contributed by atoms with E-state index in [4.69, 9.17) is 39.0 Å². The van der Waals surface area contributed by atoms with E-state index in [1.54, 1.807) is 25.3 Å². The zero-order valence-electron chi connectivity index (χ0n) is 11.6. The molecule has 0 aromatic heterocycles. The zero-order chi connectivity index (χ0) is 15.2. The van der Waals surface area contributed by atoms with Crippen molar-refractivity contribution in [2.24, 2.45) is 5.73 Å². The minimum absolute atomic E-state index is 0.272. The predicted molar refractivity (Wildman–Crippen MR) is 89.4 cm³/mol. The molecule has 0 unspecified atom stereocenters. The molecule has 0 spiro atoms. The maximum Gasteiger partial charge on any atom is 0.128 e. The van der Waals surface area contributed by atoms with E-state index in [1.807, 2.05) is 24.3 Å². The highest BCUT2D eigenvalue weighted by Crippen LogP contribution is 2.27. The molecule has 2 aromatic carbocycles. The van der Waals surface area contributed by atoms with E-state index in [-0.39, 0.29) is 4.99 Å². The second kappa shape index (κ2) is 7.41. The molecule has 0 aliphatic rings. The van der Waals surface area contributed by atoms with Crippen molar-refractivity contribution in [2.45, 2.75) is 6.42 Å². The highest BCUT2D eigenvalue weighted by atomic mass is 35.5. The molecule has 0 radical (unpaired) electrons. The van der Waals surface area contributed by atoms with Crippen LogP contribution in [0.2, 0.25) is 5.02 Å². The first-order valence-corrected chi connectivity index (χ1v) is 7.24. The zero-order valence-corrected chi connectivity index (χ0v) is 13.2. The van der Waals surface area contributed by atoms with Crippen molar-refractivity contribution in [1.82, 2.24) is 0 Å². The van der Waals surface area contributed by atoms with Crippen LogP contribution < -0.4 is 10.5 Å². The molecule has 3 nitrogen and oxygen atoms in total. The van der Waals surface area contributed by atoms with Crippen LogP contribution in [0, 0.1) is 0 Å². The van der Waals surface area contributed by atoms with E-state index in [1.165, 1.54) is 5.56 Å². The van der Waals surface area contributed by atoms with E-state index in [0.717, 1.165) is 12.2 Å². The molecular formula is C16H16ClNO2S. The molecule has 0 aliphatic carbocycles. The molecule has 0 bridgehead atoms. The highest BCUT2D eigenvalue weighted by Gasteiger charge is 2.06. The van der Waals surface area contributed by atoms with Gasteiger partial charge in [0.15, 0.2) is 0 Å². The van der Waals surface area contributed by atoms with Crippen molar-refractivity contribution in [3.63, 3.8) is 0 Å². The Bertz CT molecular complexity index is 629. The van der Waals surface area contributed by atoms with E-state index in [2.05, 4.69) is 0 Å². The number of hydrogen-bond acceptors (Lipinski definition) is 3. The second-order valence-corrected chi connectivity index (χ2v) is 5.34. The lowest BCUT2D eigenvalue weighted by atomic mass is 10.1. The monoisotopic (exact) mass is 321 g/mol. The van der Waals surface area contributed by atoms with Gasteiger partial charge in [-0.15, -0.1) is 0 Å². The maximum atomic E-state index is 6.11. The largest absolute Gasteiger partial charge is 0.457 e. The van der Waals surface area contributed by atoms with Gasteiger partial charge in [-0.25, -0.2) is 0 Å². The number of halogens is 1. The molecule has 0 amide bonds. The summed E-state index contributed by atoms with van der Waals surface area (Å²) < 4.78 is 10.8. The van der Waals surface area contributed by atoms with Crippen LogP contribution in [0.25, 0.3) is 0 Å². The standard InChI is InChI=1S/C16H16ClNO2S/c1-19-9-8-11-2-4-12(5-3-11)20-13-6-7-14(16(18)21)15(17)10-13/h2-7,10H,8-9H2,1H3,(H2,18,21). The molecule has 0 saturated carbocycles. The molecule has 0 heterocycles. The third kappa shape index (κ3) is 4.43. The van der Waals surface area contributed by atoms with Gasteiger partial charge in [0.1, 0.15) is 16.5 Å². The van der Waals surface area contributed by atoms with Crippen LogP contribution in [0.15, 0.2) is 42.5 Å². The van der Waals surface area contributed by atoms with Crippen LogP contribution in [0.1, 0.15) is 11.1 Å². The average molecular weight is 322 g/mol. The fourth-order valence-corrected chi connectivity index (χ4v) is 2.35. The Morgan fingerprint density at radius 1 is 1.14 bits per heavy atom. The van der Waals surface area contributed by atoms with Gasteiger partial charge >= 0.3 is 0 Å². The Kier molecular flexibility index (Phi) is 5.56. The maximum absolute atomic E-state index is 6.11. The minimum atomic E-state index is 0.272. The van der Waals surface area contributed by atoms with Gasteiger partial charge in [-0.3, -0.25) is 0 Å². The Balaban J connectivity index is 2.07. The highest BCUT2D eigenvalue weighted by molar-refractivity contribution is 7.80. The summed E-state index contributed by atoms with van der Waals surface area (Å²) in [5, 5.41) is 0.483. The van der Waals surface area contributed by atoms with Crippen molar-refractivity contribution in [3.05, 3.63) is 58.6 Å². The summed E-state index contributed by atoms with van der Waals surface area (Å²) in [7, 11) is 1.69. The summed E-state index contributed by atoms with van der Waals surface area (Å²) >= 11 is 11.0. The molecule has 2 rings (SSSR count). The molecule has 110 valence electrons.